The predicted octanol–water partition coefficient (Wildman–Crippen LogP) is 8.05. The van der Waals surface area contributed by atoms with Gasteiger partial charge in [0.1, 0.15) is 16.7 Å². The van der Waals surface area contributed by atoms with Crippen molar-refractivity contribution in [1.82, 2.24) is 9.80 Å². The summed E-state index contributed by atoms with van der Waals surface area (Å²) in [5, 5.41) is 11.6. The SMILES string of the molecule is O=C(CCN1C(=O)C(=Cc2cc(-c3cc(C(F)(F)F)cc(C(F)(F)F)c3)cc(C(F)(F)F)c2OCCN2CCOCC2)SC1=S)Nc1ccc(C(=O)O)cc1. The number of morpholine rings is 1. The van der Waals surface area contributed by atoms with Crippen LogP contribution in [0, 0.1) is 0 Å². The van der Waals surface area contributed by atoms with Gasteiger partial charge >= 0.3 is 24.5 Å². The summed E-state index contributed by atoms with van der Waals surface area (Å²) in [6.45, 7) is 1.18. The van der Waals surface area contributed by atoms with Gasteiger partial charge < -0.3 is 19.9 Å². The zero-order valence-corrected chi connectivity index (χ0v) is 29.7. The summed E-state index contributed by atoms with van der Waals surface area (Å²) in [4.78, 5) is 39.7. The number of amides is 2. The fourth-order valence-corrected chi connectivity index (χ4v) is 6.79. The van der Waals surface area contributed by atoms with Crippen LogP contribution in [0.15, 0.2) is 59.5 Å². The monoisotopic (exact) mass is 821 g/mol. The molecule has 0 bridgehead atoms. The lowest BCUT2D eigenvalue weighted by molar-refractivity contribution is -0.143. The molecule has 294 valence electrons. The topological polar surface area (TPSA) is 108 Å². The van der Waals surface area contributed by atoms with Gasteiger partial charge in [0.15, 0.2) is 0 Å². The van der Waals surface area contributed by atoms with Crippen molar-refractivity contribution >= 4 is 57.8 Å². The third-order valence-electron chi connectivity index (χ3n) is 8.24. The van der Waals surface area contributed by atoms with E-state index < -0.39 is 75.4 Å². The minimum atomic E-state index is -5.29. The van der Waals surface area contributed by atoms with E-state index in [-0.39, 0.29) is 52.7 Å². The smallest absolute Gasteiger partial charge is 0.420 e. The van der Waals surface area contributed by atoms with Crippen molar-refractivity contribution < 1.29 is 68.5 Å². The number of carboxylic acids is 1. The predicted molar refractivity (Wildman–Crippen MR) is 186 cm³/mol. The molecule has 0 aliphatic carbocycles. The van der Waals surface area contributed by atoms with Crippen molar-refractivity contribution in [2.45, 2.75) is 24.9 Å². The van der Waals surface area contributed by atoms with Crippen LogP contribution < -0.4 is 10.1 Å². The van der Waals surface area contributed by atoms with Crippen LogP contribution in [0.4, 0.5) is 45.2 Å². The van der Waals surface area contributed by atoms with Gasteiger partial charge in [0.2, 0.25) is 5.91 Å². The summed E-state index contributed by atoms with van der Waals surface area (Å²) >= 11 is 5.94. The number of carboxylic acid groups (broad SMARTS) is 1. The Bertz CT molecular complexity index is 1960. The number of ether oxygens (including phenoxy) is 2. The van der Waals surface area contributed by atoms with Crippen molar-refractivity contribution in [3.8, 4) is 16.9 Å². The lowest BCUT2D eigenvalue weighted by Gasteiger charge is -2.27. The summed E-state index contributed by atoms with van der Waals surface area (Å²) in [7, 11) is 0. The van der Waals surface area contributed by atoms with Gasteiger partial charge in [-0.25, -0.2) is 4.79 Å². The van der Waals surface area contributed by atoms with Crippen molar-refractivity contribution in [3.05, 3.63) is 87.3 Å². The van der Waals surface area contributed by atoms with E-state index in [4.69, 9.17) is 26.8 Å². The fraction of sp³-hybridized carbons (Fsp3) is 0.314. The number of hydrogen-bond donors (Lipinski definition) is 2. The number of alkyl halides is 9. The van der Waals surface area contributed by atoms with Crippen molar-refractivity contribution in [1.29, 1.82) is 0 Å². The lowest BCUT2D eigenvalue weighted by atomic mass is 9.94. The molecule has 0 saturated carbocycles. The van der Waals surface area contributed by atoms with Gasteiger partial charge in [-0.1, -0.05) is 24.0 Å². The van der Waals surface area contributed by atoms with E-state index in [1.54, 1.807) is 0 Å². The molecule has 0 unspecified atom stereocenters. The molecule has 0 spiro atoms. The first-order valence-electron chi connectivity index (χ1n) is 16.1. The number of carbonyl (C=O) groups excluding carboxylic acids is 2. The number of hydrogen-bond acceptors (Lipinski definition) is 8. The molecule has 2 aliphatic rings. The molecule has 3 aromatic carbocycles. The third-order valence-corrected chi connectivity index (χ3v) is 9.62. The van der Waals surface area contributed by atoms with Crippen LogP contribution in [0.5, 0.6) is 5.75 Å². The van der Waals surface area contributed by atoms with Crippen LogP contribution >= 0.6 is 24.0 Å². The summed E-state index contributed by atoms with van der Waals surface area (Å²) in [5.41, 5.74) is -6.79. The highest BCUT2D eigenvalue weighted by molar-refractivity contribution is 8.26. The van der Waals surface area contributed by atoms with E-state index in [0.29, 0.717) is 56.3 Å². The molecule has 0 radical (unpaired) electrons. The molecule has 20 heteroatoms. The van der Waals surface area contributed by atoms with E-state index in [0.717, 1.165) is 17.0 Å². The number of carbonyl (C=O) groups is 3. The molecular formula is C35H28F9N3O6S2. The Labute approximate surface area is 316 Å². The first-order valence-corrected chi connectivity index (χ1v) is 17.3. The van der Waals surface area contributed by atoms with E-state index in [9.17, 15) is 53.9 Å². The van der Waals surface area contributed by atoms with Gasteiger partial charge in [-0.2, -0.15) is 39.5 Å². The minimum absolute atomic E-state index is 0.0261. The highest BCUT2D eigenvalue weighted by Gasteiger charge is 2.40. The second-order valence-electron chi connectivity index (χ2n) is 12.1. The number of nitrogens with zero attached hydrogens (tertiary/aromatic N) is 2. The lowest BCUT2D eigenvalue weighted by Crippen LogP contribution is -2.38. The summed E-state index contributed by atoms with van der Waals surface area (Å²) in [5.74, 6) is -3.45. The summed E-state index contributed by atoms with van der Waals surface area (Å²) < 4.78 is 137. The van der Waals surface area contributed by atoms with Gasteiger partial charge in [0, 0.05) is 43.9 Å². The molecule has 2 saturated heterocycles. The van der Waals surface area contributed by atoms with Crippen LogP contribution in [-0.4, -0.2) is 83.0 Å². The summed E-state index contributed by atoms with van der Waals surface area (Å²) in [6.07, 6.45) is -15.2. The molecule has 3 aromatic rings. The number of nitrogens with one attached hydrogen (secondary N) is 1. The number of rotatable bonds is 11. The quantitative estimate of drug-likeness (QED) is 0.113. The standard InChI is InChI=1S/C35H28F9N3O6S2/c36-33(37,38)23-14-21(15-24(18-23)34(39,40)41)20-13-22(29(26(16-20)35(42,43)44)53-12-9-46-7-10-52-11-8-46)17-27-30(49)47(32(54)55-27)6-5-28(48)45-25-3-1-19(2-4-25)31(50)51/h1-4,13-18H,5-12H2,(H,45,48)(H,50,51). The molecule has 0 atom stereocenters. The zero-order chi connectivity index (χ0) is 40.3. The van der Waals surface area contributed by atoms with E-state index >= 15 is 0 Å². The highest BCUT2D eigenvalue weighted by atomic mass is 32.2. The highest BCUT2D eigenvalue weighted by Crippen LogP contribution is 2.45. The van der Waals surface area contributed by atoms with Gasteiger partial charge in [-0.05, 0) is 71.8 Å². The molecule has 2 fully saturated rings. The number of aromatic carboxylic acids is 1. The molecule has 2 amide bonds. The molecule has 2 heterocycles. The first kappa shape index (κ1) is 41.5. The Balaban J connectivity index is 1.50. The number of anilines is 1. The third kappa shape index (κ3) is 10.6. The van der Waals surface area contributed by atoms with E-state index in [1.807, 2.05) is 4.90 Å². The average molecular weight is 822 g/mol. The molecule has 2 N–H and O–H groups in total. The maximum atomic E-state index is 14.7. The summed E-state index contributed by atoms with van der Waals surface area (Å²) in [6, 6.07) is 6.91. The molecule has 5 rings (SSSR count). The second-order valence-corrected chi connectivity index (χ2v) is 13.7. The fourth-order valence-electron chi connectivity index (χ4n) is 5.49. The van der Waals surface area contributed by atoms with Crippen LogP contribution in [0.25, 0.3) is 17.2 Å². The molecule has 0 aromatic heterocycles. The Kier molecular flexibility index (Phi) is 12.5. The van der Waals surface area contributed by atoms with Crippen LogP contribution in [-0.2, 0) is 32.9 Å². The van der Waals surface area contributed by atoms with Crippen molar-refractivity contribution in [3.63, 3.8) is 0 Å². The largest absolute Gasteiger partial charge is 0.491 e. The maximum Gasteiger partial charge on any atom is 0.420 e. The van der Waals surface area contributed by atoms with Gasteiger partial charge in [-0.15, -0.1) is 0 Å². The van der Waals surface area contributed by atoms with Crippen molar-refractivity contribution in [2.75, 3.05) is 51.3 Å². The van der Waals surface area contributed by atoms with Crippen LogP contribution in [0.1, 0.15) is 39.0 Å². The van der Waals surface area contributed by atoms with Crippen molar-refractivity contribution in [2.24, 2.45) is 0 Å². The Morgan fingerprint density at radius 2 is 1.47 bits per heavy atom. The van der Waals surface area contributed by atoms with Crippen LogP contribution in [0.2, 0.25) is 0 Å². The number of thiocarbonyl (C=S) groups is 1. The molecule has 2 aliphatic heterocycles. The Hall–Kier alpha value is -4.66. The van der Waals surface area contributed by atoms with Crippen LogP contribution in [0.3, 0.4) is 0 Å². The Morgan fingerprint density at radius 1 is 0.873 bits per heavy atom. The molecule has 9 nitrogen and oxygen atoms in total. The van der Waals surface area contributed by atoms with Gasteiger partial charge in [-0.3, -0.25) is 19.4 Å². The zero-order valence-electron chi connectivity index (χ0n) is 28.0. The minimum Gasteiger partial charge on any atom is -0.491 e. The van der Waals surface area contributed by atoms with Gasteiger partial charge in [0.25, 0.3) is 5.91 Å². The normalized spacial score (nSPS) is 16.5. The average Bonchev–Trinajstić information content (AvgIpc) is 3.37. The number of halogens is 9. The Morgan fingerprint density at radius 3 is 2.04 bits per heavy atom. The first-order chi connectivity index (χ1) is 25.7. The molecular weight excluding hydrogens is 794 g/mol. The van der Waals surface area contributed by atoms with Gasteiger partial charge in [0.05, 0.1) is 40.4 Å². The number of benzene rings is 3. The van der Waals surface area contributed by atoms with E-state index in [1.165, 1.54) is 24.3 Å². The van der Waals surface area contributed by atoms with E-state index in [2.05, 4.69) is 5.32 Å². The molecule has 55 heavy (non-hydrogen) atoms. The number of thioether (sulfide) groups is 1. The maximum absolute atomic E-state index is 14.7. The second kappa shape index (κ2) is 16.6.